The summed E-state index contributed by atoms with van der Waals surface area (Å²) in [6.07, 6.45) is 4.74. The van der Waals surface area contributed by atoms with Crippen LogP contribution in [0.25, 0.3) is 0 Å². The minimum atomic E-state index is -0.617. The monoisotopic (exact) mass is 644 g/mol. The molecule has 0 bridgehead atoms. The Balaban J connectivity index is 1.20. The summed E-state index contributed by atoms with van der Waals surface area (Å²) < 4.78 is 27.6. The lowest BCUT2D eigenvalue weighted by atomic mass is 9.75. The van der Waals surface area contributed by atoms with Crippen LogP contribution in [0, 0.1) is 17.8 Å². The summed E-state index contributed by atoms with van der Waals surface area (Å²) in [4.78, 5) is 50.0. The average molecular weight is 645 g/mol. The summed E-state index contributed by atoms with van der Waals surface area (Å²) in [5.41, 5.74) is 0.622. The second-order valence-electron chi connectivity index (χ2n) is 12.3. The van der Waals surface area contributed by atoms with Crippen LogP contribution in [0.3, 0.4) is 0 Å². The summed E-state index contributed by atoms with van der Waals surface area (Å²) in [7, 11) is 0. The van der Waals surface area contributed by atoms with E-state index in [9.17, 15) is 19.2 Å². The molecule has 250 valence electrons. The van der Waals surface area contributed by atoms with Crippen molar-refractivity contribution in [3.63, 3.8) is 0 Å². The maximum atomic E-state index is 12.7. The summed E-state index contributed by atoms with van der Waals surface area (Å²) >= 11 is 0. The Hall–Kier alpha value is -4.66. The lowest BCUT2D eigenvalue weighted by Gasteiger charge is -2.36. The third kappa shape index (κ3) is 11.0. The van der Waals surface area contributed by atoms with Crippen LogP contribution >= 0.6 is 0 Å². The van der Waals surface area contributed by atoms with Gasteiger partial charge in [0.2, 0.25) is 0 Å². The number of carbonyl (C=O) groups is 4. The van der Waals surface area contributed by atoms with Crippen LogP contribution in [0.1, 0.15) is 93.4 Å². The topological polar surface area (TPSA) is 114 Å². The van der Waals surface area contributed by atoms with E-state index < -0.39 is 23.9 Å². The molecule has 9 heteroatoms. The molecule has 0 saturated heterocycles. The van der Waals surface area contributed by atoms with Crippen LogP contribution in [0.5, 0.6) is 23.0 Å². The maximum Gasteiger partial charge on any atom is 0.343 e. The third-order valence-corrected chi connectivity index (χ3v) is 8.20. The SMILES string of the molecule is CCCCOc1ccc(C(=O)Oc2ccc(OC(=O)c3ccc(OC(=O)CCC(=O)OC4CC(C)CCC4C(C)C)cc3)cc2)cc1. The molecule has 1 aliphatic carbocycles. The number of unbranched alkanes of at least 4 members (excludes halogenated alkanes) is 1. The highest BCUT2D eigenvalue weighted by Crippen LogP contribution is 2.35. The Morgan fingerprint density at radius 1 is 0.681 bits per heavy atom. The molecule has 0 amide bonds. The van der Waals surface area contributed by atoms with Gasteiger partial charge in [-0.25, -0.2) is 9.59 Å². The highest BCUT2D eigenvalue weighted by atomic mass is 16.6. The van der Waals surface area contributed by atoms with Gasteiger partial charge in [0, 0.05) is 0 Å². The largest absolute Gasteiger partial charge is 0.494 e. The van der Waals surface area contributed by atoms with Crippen LogP contribution in [0.2, 0.25) is 0 Å². The number of esters is 4. The van der Waals surface area contributed by atoms with E-state index in [0.717, 1.165) is 32.1 Å². The predicted octanol–water partition coefficient (Wildman–Crippen LogP) is 7.99. The Bertz CT molecular complexity index is 1480. The lowest BCUT2D eigenvalue weighted by molar-refractivity contribution is -0.157. The molecule has 1 fully saturated rings. The fraction of sp³-hybridized carbons (Fsp3) is 0.421. The highest BCUT2D eigenvalue weighted by Gasteiger charge is 2.33. The van der Waals surface area contributed by atoms with E-state index in [4.69, 9.17) is 23.7 Å². The molecule has 0 heterocycles. The van der Waals surface area contributed by atoms with Gasteiger partial charge in [0.1, 0.15) is 29.1 Å². The Kier molecular flexibility index (Phi) is 13.0. The molecule has 1 aliphatic rings. The summed E-state index contributed by atoms with van der Waals surface area (Å²) in [5.74, 6) is 0.650. The fourth-order valence-electron chi connectivity index (χ4n) is 5.45. The minimum absolute atomic E-state index is 0.0569. The van der Waals surface area contributed by atoms with Crippen molar-refractivity contribution in [2.45, 2.75) is 78.7 Å². The molecule has 0 aromatic heterocycles. The standard InChI is InChI=1S/C38H44O9/c1-5-6-23-43-29-12-8-27(9-13-29)37(41)45-31-16-18-32(19-17-31)46-38(42)28-10-14-30(15-11-28)44-35(39)21-22-36(40)47-34-24-26(4)7-20-33(34)25(2)3/h8-19,25-26,33-34H,5-7,20-24H2,1-4H3. The highest BCUT2D eigenvalue weighted by molar-refractivity contribution is 5.92. The molecule has 3 aromatic carbocycles. The molecule has 1 saturated carbocycles. The number of rotatable bonds is 14. The summed E-state index contributed by atoms with van der Waals surface area (Å²) in [6.45, 7) is 9.18. The number of ether oxygens (including phenoxy) is 5. The van der Waals surface area contributed by atoms with E-state index in [1.54, 1.807) is 24.3 Å². The second kappa shape index (κ2) is 17.3. The third-order valence-electron chi connectivity index (χ3n) is 8.20. The van der Waals surface area contributed by atoms with E-state index >= 15 is 0 Å². The van der Waals surface area contributed by atoms with E-state index in [1.807, 2.05) is 0 Å². The molecule has 4 rings (SSSR count). The van der Waals surface area contributed by atoms with Gasteiger partial charge in [0.25, 0.3) is 0 Å². The van der Waals surface area contributed by atoms with E-state index in [-0.39, 0.29) is 36.0 Å². The Morgan fingerprint density at radius 2 is 1.17 bits per heavy atom. The first-order valence-electron chi connectivity index (χ1n) is 16.4. The van der Waals surface area contributed by atoms with E-state index in [1.165, 1.54) is 48.5 Å². The quantitative estimate of drug-likeness (QED) is 0.0978. The van der Waals surface area contributed by atoms with Gasteiger partial charge < -0.3 is 23.7 Å². The van der Waals surface area contributed by atoms with Crippen molar-refractivity contribution in [1.29, 1.82) is 0 Å². The molecule has 0 aliphatic heterocycles. The molecule has 0 radical (unpaired) electrons. The van der Waals surface area contributed by atoms with Crippen LogP contribution in [0.4, 0.5) is 0 Å². The van der Waals surface area contributed by atoms with Gasteiger partial charge in [-0.15, -0.1) is 0 Å². The van der Waals surface area contributed by atoms with Gasteiger partial charge in [0.05, 0.1) is 30.6 Å². The maximum absolute atomic E-state index is 12.7. The second-order valence-corrected chi connectivity index (χ2v) is 12.3. The summed E-state index contributed by atoms with van der Waals surface area (Å²) in [6, 6.07) is 18.7. The van der Waals surface area contributed by atoms with Gasteiger partial charge in [-0.1, -0.05) is 40.5 Å². The van der Waals surface area contributed by atoms with Gasteiger partial charge in [-0.2, -0.15) is 0 Å². The van der Waals surface area contributed by atoms with Crippen LogP contribution in [0.15, 0.2) is 72.8 Å². The van der Waals surface area contributed by atoms with Crippen molar-refractivity contribution in [3.8, 4) is 23.0 Å². The minimum Gasteiger partial charge on any atom is -0.494 e. The molecule has 47 heavy (non-hydrogen) atoms. The lowest BCUT2D eigenvalue weighted by Crippen LogP contribution is -2.36. The number of hydrogen-bond acceptors (Lipinski definition) is 9. The average Bonchev–Trinajstić information content (AvgIpc) is 3.05. The van der Waals surface area contributed by atoms with Crippen molar-refractivity contribution < 1.29 is 42.9 Å². The van der Waals surface area contributed by atoms with E-state index in [0.29, 0.717) is 41.4 Å². The van der Waals surface area contributed by atoms with Crippen LogP contribution < -0.4 is 18.9 Å². The van der Waals surface area contributed by atoms with E-state index in [2.05, 4.69) is 27.7 Å². The van der Waals surface area contributed by atoms with Crippen LogP contribution in [-0.2, 0) is 14.3 Å². The molecule has 3 aromatic rings. The fourth-order valence-corrected chi connectivity index (χ4v) is 5.45. The predicted molar refractivity (Wildman–Crippen MR) is 176 cm³/mol. The van der Waals surface area contributed by atoms with Crippen molar-refractivity contribution in [3.05, 3.63) is 83.9 Å². The van der Waals surface area contributed by atoms with Gasteiger partial charge >= 0.3 is 23.9 Å². The normalized spacial score (nSPS) is 17.4. The van der Waals surface area contributed by atoms with Crippen molar-refractivity contribution in [1.82, 2.24) is 0 Å². The first-order valence-corrected chi connectivity index (χ1v) is 16.4. The molecule has 0 spiro atoms. The van der Waals surface area contributed by atoms with Crippen molar-refractivity contribution in [2.75, 3.05) is 6.61 Å². The smallest absolute Gasteiger partial charge is 0.343 e. The molecular formula is C38H44O9. The van der Waals surface area contributed by atoms with Gasteiger partial charge in [0.15, 0.2) is 0 Å². The molecule has 9 nitrogen and oxygen atoms in total. The number of carbonyl (C=O) groups excluding carboxylic acids is 4. The van der Waals surface area contributed by atoms with Gasteiger partial charge in [-0.3, -0.25) is 9.59 Å². The molecule has 0 N–H and O–H groups in total. The molecule has 3 unspecified atom stereocenters. The zero-order valence-electron chi connectivity index (χ0n) is 27.6. The van der Waals surface area contributed by atoms with Gasteiger partial charge in [-0.05, 0) is 110 Å². The number of benzene rings is 3. The zero-order chi connectivity index (χ0) is 33.8. The Morgan fingerprint density at radius 3 is 1.70 bits per heavy atom. The van der Waals surface area contributed by atoms with Crippen LogP contribution in [-0.4, -0.2) is 36.6 Å². The Labute approximate surface area is 276 Å². The molecule has 3 atom stereocenters. The molecular weight excluding hydrogens is 600 g/mol. The summed E-state index contributed by atoms with van der Waals surface area (Å²) in [5, 5.41) is 0. The van der Waals surface area contributed by atoms with Crippen molar-refractivity contribution >= 4 is 23.9 Å². The first kappa shape index (κ1) is 35.2. The van der Waals surface area contributed by atoms with Crippen molar-refractivity contribution in [2.24, 2.45) is 17.8 Å². The zero-order valence-corrected chi connectivity index (χ0v) is 27.6. The number of hydrogen-bond donors (Lipinski definition) is 0. The first-order chi connectivity index (χ1) is 22.6.